The zero-order chi connectivity index (χ0) is 0. The molecule has 0 atom stereocenters. The molecule has 0 aliphatic heterocycles. The molecule has 0 aliphatic carbocycles. The number of hydrogen-bond donors (Lipinski definition) is 0. The molecule has 0 spiro atoms. The molecule has 0 fully saturated rings. The lowest BCUT2D eigenvalue weighted by molar-refractivity contribution is 3.24. The molecule has 0 rings (SSSR count). The van der Waals surface area contributed by atoms with E-state index in [1.807, 2.05) is 0 Å². The van der Waals surface area contributed by atoms with Crippen molar-refractivity contribution in [2.45, 2.75) is 0 Å². The second-order valence-corrected chi connectivity index (χ2v) is 0. The van der Waals surface area contributed by atoms with Gasteiger partial charge in [-0.15, -0.1) is 0 Å². The molecule has 0 nitrogen and oxygen atoms in total. The largest absolute Gasteiger partial charge is 0 e. The Morgan fingerprint density at radius 2 is 0.500 bits per heavy atom. The minimum absolute atomic E-state index is 0. The van der Waals surface area contributed by atoms with Gasteiger partial charge in [-0.05, 0) is 0 Å². The highest BCUT2D eigenvalue weighted by atomic mass is 32.1. The summed E-state index contributed by atoms with van der Waals surface area (Å²) < 4.78 is 0. The number of rotatable bonds is 0. The first kappa shape index (κ1) is 75.1. The monoisotopic (exact) mass is 108 g/mol. The van der Waals surface area contributed by atoms with E-state index in [0.29, 0.717) is 0 Å². The maximum atomic E-state index is 0. The van der Waals surface area contributed by atoms with E-state index in [2.05, 4.69) is 0 Å². The van der Waals surface area contributed by atoms with Gasteiger partial charge >= 0.3 is 0 Å². The predicted octanol–water partition coefficient (Wildman–Crippen LogP) is 2.03. The Bertz CT molecular complexity index is 3.25. The summed E-state index contributed by atoms with van der Waals surface area (Å²) in [5.74, 6) is 0. The van der Waals surface area contributed by atoms with Crippen molar-refractivity contribution in [3.8, 4) is 0 Å². The molecular formula is CS3. The van der Waals surface area contributed by atoms with Gasteiger partial charge in [0, 0.05) is 47.9 Å². The zero-order valence-electron chi connectivity index (χ0n) is 1.72. The van der Waals surface area contributed by atoms with Gasteiger partial charge in [0.25, 0.3) is 0 Å². The topological polar surface area (TPSA) is 0 Å². The first-order chi connectivity index (χ1) is 0. The fourth-order valence-electron chi connectivity index (χ4n) is 0. The smallest absolute Gasteiger partial charge is 0 e. The van der Waals surface area contributed by atoms with Crippen LogP contribution in [0.1, 0.15) is 0 Å². The summed E-state index contributed by atoms with van der Waals surface area (Å²) >= 11 is 0. The molecule has 22 valence electrons. The molecule has 0 amide bonds. The molecule has 0 saturated heterocycles. The summed E-state index contributed by atoms with van der Waals surface area (Å²) in [6.07, 6.45) is 0. The summed E-state index contributed by atoms with van der Waals surface area (Å²) in [6.45, 7) is 0. The van der Waals surface area contributed by atoms with Crippen LogP contribution in [0, 0.1) is 7.43 Å². The molecule has 0 aromatic rings. The Hall–Kier alpha value is 1.05. The molecule has 0 heterocycles. The quantitative estimate of drug-likeness (QED) is 0.445. The zero-order valence-corrected chi connectivity index (χ0v) is 4.17. The summed E-state index contributed by atoms with van der Waals surface area (Å²) in [4.78, 5) is 0. The molecule has 10 radical (unpaired) electrons. The molecule has 0 aliphatic rings. The second kappa shape index (κ2) is 34.2. The number of hydrogen-bond acceptors (Lipinski definition) is 0. The Kier molecular flexibility index (Phi) is 642. The van der Waals surface area contributed by atoms with Crippen molar-refractivity contribution >= 4 is 40.5 Å². The van der Waals surface area contributed by atoms with Gasteiger partial charge in [-0.1, -0.05) is 0 Å². The van der Waals surface area contributed by atoms with Gasteiger partial charge in [0.15, 0.2) is 0 Å². The van der Waals surface area contributed by atoms with Gasteiger partial charge in [-0.2, -0.15) is 0 Å². The molecule has 4 heavy (non-hydrogen) atoms. The van der Waals surface area contributed by atoms with Gasteiger partial charge in [-0.3, -0.25) is 0 Å². The molecule has 0 bridgehead atoms. The van der Waals surface area contributed by atoms with E-state index in [-0.39, 0.29) is 47.9 Å². The molecule has 0 unspecified atom stereocenters. The highest BCUT2D eigenvalue weighted by Crippen LogP contribution is 0.650. The van der Waals surface area contributed by atoms with Crippen molar-refractivity contribution < 1.29 is 0 Å². The summed E-state index contributed by atoms with van der Waals surface area (Å²) in [7, 11) is 0. The Morgan fingerprint density at radius 3 is 0.500 bits per heavy atom. The predicted molar refractivity (Wildman–Crippen MR) is 26.0 cm³/mol. The van der Waals surface area contributed by atoms with E-state index in [9.17, 15) is 0 Å². The van der Waals surface area contributed by atoms with Crippen LogP contribution < -0.4 is 0 Å². The normalized spacial score (nSPS) is 0. The highest BCUT2D eigenvalue weighted by molar-refractivity contribution is 7.59. The Balaban J connectivity index is 0. The van der Waals surface area contributed by atoms with Gasteiger partial charge in [0.1, 0.15) is 0 Å². The van der Waals surface area contributed by atoms with E-state index in [1.165, 1.54) is 0 Å². The van der Waals surface area contributed by atoms with Gasteiger partial charge in [0.05, 0.1) is 0 Å². The second-order valence-electron chi connectivity index (χ2n) is 0. The lowest BCUT2D eigenvalue weighted by Gasteiger charge is -0.00100. The third-order valence-electron chi connectivity index (χ3n) is 0. The summed E-state index contributed by atoms with van der Waals surface area (Å²) in [5.41, 5.74) is 0. The first-order valence-electron chi connectivity index (χ1n) is 0. The van der Waals surface area contributed by atoms with Crippen LogP contribution in [0.25, 0.3) is 0 Å². The van der Waals surface area contributed by atoms with Gasteiger partial charge in [0.2, 0.25) is 0 Å². The van der Waals surface area contributed by atoms with Crippen LogP contribution in [-0.4, -0.2) is 0 Å². The van der Waals surface area contributed by atoms with Crippen LogP contribution in [-0.2, 0) is 0 Å². The lowest BCUT2D eigenvalue weighted by atomic mass is 12.0. The van der Waals surface area contributed by atoms with Crippen molar-refractivity contribution in [1.82, 2.24) is 0 Å². The Morgan fingerprint density at radius 1 is 0.500 bits per heavy atom. The molecule has 0 N–H and O–H groups in total. The third kappa shape index (κ3) is 11.6. The van der Waals surface area contributed by atoms with Crippen LogP contribution in [0.2, 0.25) is 0 Å². The maximum Gasteiger partial charge on any atom is 0 e. The van der Waals surface area contributed by atoms with Crippen LogP contribution in [0.4, 0.5) is 0 Å². The average Bonchev–Trinajstić information content (AvgIpc) is 0. The average molecular weight is 108 g/mol. The fourth-order valence-corrected chi connectivity index (χ4v) is 0. The minimum atomic E-state index is 0. The van der Waals surface area contributed by atoms with Gasteiger partial charge in [-0.25, -0.2) is 0 Å². The lowest BCUT2D eigenvalue weighted by Crippen LogP contribution is 0.0813. The Labute approximate surface area is 48.3 Å². The van der Waals surface area contributed by atoms with Crippen LogP contribution >= 0.6 is 40.5 Å². The van der Waals surface area contributed by atoms with Crippen molar-refractivity contribution in [3.63, 3.8) is 0 Å². The van der Waals surface area contributed by atoms with E-state index in [0.717, 1.165) is 0 Å². The summed E-state index contributed by atoms with van der Waals surface area (Å²) in [5, 5.41) is 0. The van der Waals surface area contributed by atoms with Crippen LogP contribution in [0.3, 0.4) is 0 Å². The molecule has 0 aromatic heterocycles. The van der Waals surface area contributed by atoms with E-state index in [4.69, 9.17) is 0 Å². The third-order valence-corrected chi connectivity index (χ3v) is 0. The van der Waals surface area contributed by atoms with Crippen molar-refractivity contribution in [1.29, 1.82) is 0 Å². The van der Waals surface area contributed by atoms with E-state index in [1.54, 1.807) is 0 Å². The SMILES string of the molecule is [C].[S].[S].[S]. The molecule has 0 aromatic carbocycles. The standard InChI is InChI=1S/C.3S. The summed E-state index contributed by atoms with van der Waals surface area (Å²) in [6, 6.07) is 0. The van der Waals surface area contributed by atoms with Crippen molar-refractivity contribution in [2.24, 2.45) is 0 Å². The van der Waals surface area contributed by atoms with Crippen LogP contribution in [0.15, 0.2) is 0 Å². The van der Waals surface area contributed by atoms with Crippen molar-refractivity contribution in [3.05, 3.63) is 7.43 Å². The van der Waals surface area contributed by atoms with Crippen molar-refractivity contribution in [2.75, 3.05) is 0 Å². The van der Waals surface area contributed by atoms with E-state index >= 15 is 0 Å². The fraction of sp³-hybridized carbons (Fsp3) is 0. The maximum absolute atomic E-state index is 0. The van der Waals surface area contributed by atoms with Gasteiger partial charge < -0.3 is 0 Å². The molecular weight excluding hydrogens is 108 g/mol. The highest BCUT2D eigenvalue weighted by Gasteiger charge is 0.00300. The molecule has 0 saturated carbocycles. The van der Waals surface area contributed by atoms with Crippen LogP contribution in [0.5, 0.6) is 0 Å². The first-order valence-corrected chi connectivity index (χ1v) is 0. The minimum Gasteiger partial charge on any atom is 0 e. The molecule has 3 heteroatoms. The van der Waals surface area contributed by atoms with E-state index < -0.39 is 0 Å².